The number of hydrogen-bond donors (Lipinski definition) is 0. The summed E-state index contributed by atoms with van der Waals surface area (Å²) in [6.07, 6.45) is 3.04. The number of ketones is 1. The third-order valence-electron chi connectivity index (χ3n) is 2.92. The Kier molecular flexibility index (Phi) is 4.09. The van der Waals surface area contributed by atoms with Crippen molar-refractivity contribution >= 4 is 28.4 Å². The van der Waals surface area contributed by atoms with Gasteiger partial charge in [0.15, 0.2) is 11.6 Å². The van der Waals surface area contributed by atoms with E-state index in [0.29, 0.717) is 5.56 Å². The van der Waals surface area contributed by atoms with E-state index < -0.39 is 5.76 Å². The highest BCUT2D eigenvalue weighted by Gasteiger charge is 2.18. The van der Waals surface area contributed by atoms with Gasteiger partial charge >= 0.3 is 5.76 Å². The fourth-order valence-electron chi connectivity index (χ4n) is 1.85. The minimum atomic E-state index is -0.721. The number of halogens is 1. The van der Waals surface area contributed by atoms with E-state index in [1.807, 2.05) is 12.1 Å². The van der Waals surface area contributed by atoms with Crippen LogP contribution in [0.5, 0.6) is 0 Å². The second-order valence-electron chi connectivity index (χ2n) is 4.36. The van der Waals surface area contributed by atoms with Crippen molar-refractivity contribution in [2.45, 2.75) is 6.54 Å². The zero-order chi connectivity index (χ0) is 15.5. The van der Waals surface area contributed by atoms with E-state index >= 15 is 0 Å². The Morgan fingerprint density at radius 3 is 2.55 bits per heavy atom. The summed E-state index contributed by atoms with van der Waals surface area (Å²) in [5, 5.41) is 3.64. The molecule has 0 spiro atoms. The van der Waals surface area contributed by atoms with Crippen molar-refractivity contribution in [3.05, 3.63) is 62.4 Å². The number of aromatic nitrogens is 4. The number of carbonyl (C=O) groups is 1. The van der Waals surface area contributed by atoms with Crippen LogP contribution in [0.4, 0.5) is 0 Å². The predicted molar refractivity (Wildman–Crippen MR) is 85.3 cm³/mol. The molecule has 0 atom stereocenters. The first-order valence-electron chi connectivity index (χ1n) is 6.28. The highest BCUT2D eigenvalue weighted by atomic mass is 127. The maximum atomic E-state index is 12.3. The summed E-state index contributed by atoms with van der Waals surface area (Å²) in [4.78, 5) is 32.1. The van der Waals surface area contributed by atoms with E-state index in [0.717, 1.165) is 8.14 Å². The lowest BCUT2D eigenvalue weighted by Crippen LogP contribution is -2.21. The van der Waals surface area contributed by atoms with Crippen molar-refractivity contribution in [1.82, 2.24) is 19.7 Å². The van der Waals surface area contributed by atoms with Gasteiger partial charge < -0.3 is 0 Å². The molecule has 0 N–H and O–H groups in total. The van der Waals surface area contributed by atoms with Gasteiger partial charge in [-0.15, -0.1) is 0 Å². The lowest BCUT2D eigenvalue weighted by Gasteiger charge is -2.03. The highest BCUT2D eigenvalue weighted by molar-refractivity contribution is 14.1. The molecule has 0 saturated carbocycles. The van der Waals surface area contributed by atoms with Gasteiger partial charge in [-0.2, -0.15) is 0 Å². The maximum absolute atomic E-state index is 12.3. The Labute approximate surface area is 138 Å². The van der Waals surface area contributed by atoms with Crippen molar-refractivity contribution in [3.63, 3.8) is 0 Å². The first-order valence-corrected chi connectivity index (χ1v) is 7.35. The van der Waals surface area contributed by atoms with Crippen LogP contribution in [0.2, 0.25) is 0 Å². The minimum absolute atomic E-state index is 0.129. The van der Waals surface area contributed by atoms with Crippen LogP contribution >= 0.6 is 22.6 Å². The molecule has 8 heteroatoms. The van der Waals surface area contributed by atoms with E-state index in [1.165, 1.54) is 12.4 Å². The summed E-state index contributed by atoms with van der Waals surface area (Å²) in [6, 6.07) is 8.71. The van der Waals surface area contributed by atoms with Crippen molar-refractivity contribution in [3.8, 4) is 11.6 Å². The van der Waals surface area contributed by atoms with Crippen molar-refractivity contribution < 1.29 is 9.32 Å². The van der Waals surface area contributed by atoms with Crippen LogP contribution < -0.4 is 5.76 Å². The Hall–Kier alpha value is -2.36. The highest BCUT2D eigenvalue weighted by Crippen LogP contribution is 2.12. The van der Waals surface area contributed by atoms with Crippen molar-refractivity contribution in [2.24, 2.45) is 0 Å². The fourth-order valence-corrected chi connectivity index (χ4v) is 2.21. The molecule has 0 aliphatic carbocycles. The van der Waals surface area contributed by atoms with Gasteiger partial charge in [-0.1, -0.05) is 17.3 Å². The molecule has 0 bridgehead atoms. The first kappa shape index (κ1) is 14.6. The molecule has 0 unspecified atom stereocenters. The molecule has 1 aromatic carbocycles. The first-order chi connectivity index (χ1) is 10.6. The monoisotopic (exact) mass is 408 g/mol. The largest absolute Gasteiger partial charge is 0.442 e. The average Bonchev–Trinajstić information content (AvgIpc) is 2.90. The summed E-state index contributed by atoms with van der Waals surface area (Å²) in [5.74, 6) is -0.589. The molecule has 0 amide bonds. The van der Waals surface area contributed by atoms with Gasteiger partial charge in [0.05, 0.1) is 6.54 Å². The van der Waals surface area contributed by atoms with E-state index in [1.54, 1.807) is 18.2 Å². The van der Waals surface area contributed by atoms with E-state index in [9.17, 15) is 9.59 Å². The van der Waals surface area contributed by atoms with Crippen LogP contribution in [0, 0.1) is 3.57 Å². The zero-order valence-electron chi connectivity index (χ0n) is 11.1. The number of rotatable bonds is 4. The predicted octanol–water partition coefficient (Wildman–Crippen LogP) is 1.78. The minimum Gasteiger partial charge on any atom is -0.295 e. The van der Waals surface area contributed by atoms with Crippen LogP contribution in [0.15, 0.2) is 52.0 Å². The van der Waals surface area contributed by atoms with Crippen molar-refractivity contribution in [1.29, 1.82) is 0 Å². The Morgan fingerprint density at radius 1 is 1.18 bits per heavy atom. The summed E-state index contributed by atoms with van der Waals surface area (Å²) in [7, 11) is 0. The molecular formula is C14H9IN4O3. The molecule has 2 heterocycles. The van der Waals surface area contributed by atoms with E-state index in [2.05, 4.69) is 42.2 Å². The van der Waals surface area contributed by atoms with Crippen LogP contribution in [-0.2, 0) is 6.54 Å². The van der Waals surface area contributed by atoms with Crippen LogP contribution in [0.3, 0.4) is 0 Å². The molecule has 3 aromatic rings. The Morgan fingerprint density at radius 2 is 1.86 bits per heavy atom. The third-order valence-corrected chi connectivity index (χ3v) is 3.64. The quantitative estimate of drug-likeness (QED) is 0.483. The molecule has 2 aromatic heterocycles. The zero-order valence-corrected chi connectivity index (χ0v) is 13.3. The van der Waals surface area contributed by atoms with Gasteiger partial charge in [0.25, 0.3) is 0 Å². The number of Topliss-reactive ketones (excluding diaryl/α,β-unsaturated/α-hetero) is 1. The SMILES string of the molecule is O=C(Cn1c(-c2ncccn2)noc1=O)c1ccc(I)cc1. The number of carbonyl (C=O) groups excluding carboxylic acids is 1. The smallest absolute Gasteiger partial charge is 0.295 e. The van der Waals surface area contributed by atoms with Crippen LogP contribution in [0.25, 0.3) is 11.6 Å². The molecule has 110 valence electrons. The lowest BCUT2D eigenvalue weighted by molar-refractivity contribution is 0.0969. The number of nitrogens with zero attached hydrogens (tertiary/aromatic N) is 4. The van der Waals surface area contributed by atoms with E-state index in [-0.39, 0.29) is 24.0 Å². The molecule has 0 saturated heterocycles. The summed E-state index contributed by atoms with van der Waals surface area (Å²) < 4.78 is 6.77. The van der Waals surface area contributed by atoms with Crippen LogP contribution in [-0.4, -0.2) is 25.5 Å². The van der Waals surface area contributed by atoms with Crippen LogP contribution in [0.1, 0.15) is 10.4 Å². The normalized spacial score (nSPS) is 10.6. The molecule has 0 fully saturated rings. The van der Waals surface area contributed by atoms with E-state index in [4.69, 9.17) is 0 Å². The Bertz CT molecular complexity index is 856. The third kappa shape index (κ3) is 2.96. The molecular weight excluding hydrogens is 399 g/mol. The van der Waals surface area contributed by atoms with Gasteiger partial charge in [0.2, 0.25) is 5.82 Å². The van der Waals surface area contributed by atoms with Gasteiger partial charge in [0, 0.05) is 21.5 Å². The van der Waals surface area contributed by atoms with Gasteiger partial charge in [-0.3, -0.25) is 9.32 Å². The number of hydrogen-bond acceptors (Lipinski definition) is 6. The van der Waals surface area contributed by atoms with Crippen molar-refractivity contribution in [2.75, 3.05) is 0 Å². The molecule has 0 aliphatic heterocycles. The lowest BCUT2D eigenvalue weighted by atomic mass is 10.1. The average molecular weight is 408 g/mol. The molecule has 7 nitrogen and oxygen atoms in total. The molecule has 0 aliphatic rings. The number of benzene rings is 1. The standard InChI is InChI=1S/C14H9IN4O3/c15-10-4-2-9(3-5-10)11(20)8-19-13(18-22-14(19)21)12-16-6-1-7-17-12/h1-7H,8H2. The second kappa shape index (κ2) is 6.18. The molecule has 0 radical (unpaired) electrons. The molecule has 3 rings (SSSR count). The molecule has 22 heavy (non-hydrogen) atoms. The summed E-state index contributed by atoms with van der Waals surface area (Å²) in [5.41, 5.74) is 0.508. The Balaban J connectivity index is 1.93. The van der Waals surface area contributed by atoms with Gasteiger partial charge in [-0.05, 0) is 40.8 Å². The maximum Gasteiger partial charge on any atom is 0.442 e. The summed E-state index contributed by atoms with van der Waals surface area (Å²) in [6.45, 7) is -0.184. The topological polar surface area (TPSA) is 90.9 Å². The fraction of sp³-hybridized carbons (Fsp3) is 0.0714. The second-order valence-corrected chi connectivity index (χ2v) is 5.61. The van der Waals surface area contributed by atoms with Gasteiger partial charge in [-0.25, -0.2) is 19.3 Å². The summed E-state index contributed by atoms with van der Waals surface area (Å²) >= 11 is 2.15. The van der Waals surface area contributed by atoms with Gasteiger partial charge in [0.1, 0.15) is 0 Å².